The molecule has 1 amide bonds. The Labute approximate surface area is 109 Å². The second-order valence-corrected chi connectivity index (χ2v) is 4.32. The third kappa shape index (κ3) is 2.28. The van der Waals surface area contributed by atoms with Crippen LogP contribution >= 0.6 is 23.2 Å². The molecule has 0 aliphatic heterocycles. The van der Waals surface area contributed by atoms with Crippen LogP contribution in [-0.4, -0.2) is 5.91 Å². The van der Waals surface area contributed by atoms with Crippen LogP contribution in [0.5, 0.6) is 0 Å². The molecule has 0 aliphatic carbocycles. The molecule has 0 saturated heterocycles. The van der Waals surface area contributed by atoms with Crippen LogP contribution in [0.1, 0.15) is 10.4 Å². The van der Waals surface area contributed by atoms with E-state index in [1.165, 1.54) is 0 Å². The van der Waals surface area contributed by atoms with Gasteiger partial charge in [-0.15, -0.1) is 0 Å². The topological polar surface area (TPSA) is 43.1 Å². The minimum Gasteiger partial charge on any atom is -0.366 e. The molecule has 0 atom stereocenters. The van der Waals surface area contributed by atoms with E-state index in [0.29, 0.717) is 26.7 Å². The van der Waals surface area contributed by atoms with Gasteiger partial charge < -0.3 is 5.73 Å². The number of carbonyl (C=O) groups is 1. The molecule has 0 unspecified atom stereocenters. The zero-order valence-electron chi connectivity index (χ0n) is 8.78. The molecule has 0 heterocycles. The van der Waals surface area contributed by atoms with E-state index < -0.39 is 5.91 Å². The van der Waals surface area contributed by atoms with E-state index >= 15 is 0 Å². The van der Waals surface area contributed by atoms with Gasteiger partial charge in [0.2, 0.25) is 5.91 Å². The summed E-state index contributed by atoms with van der Waals surface area (Å²) < 4.78 is 0. The van der Waals surface area contributed by atoms with Gasteiger partial charge in [-0.1, -0.05) is 47.5 Å². The Hall–Kier alpha value is -1.51. The second-order valence-electron chi connectivity index (χ2n) is 3.51. The van der Waals surface area contributed by atoms with Crippen molar-refractivity contribution >= 4 is 29.1 Å². The van der Waals surface area contributed by atoms with Crippen molar-refractivity contribution in [3.63, 3.8) is 0 Å². The zero-order valence-corrected chi connectivity index (χ0v) is 10.3. The van der Waals surface area contributed by atoms with Crippen molar-refractivity contribution in [1.29, 1.82) is 0 Å². The fourth-order valence-electron chi connectivity index (χ4n) is 1.67. The van der Waals surface area contributed by atoms with Gasteiger partial charge in [0.1, 0.15) is 0 Å². The normalized spacial score (nSPS) is 10.2. The van der Waals surface area contributed by atoms with Crippen molar-refractivity contribution < 1.29 is 4.79 Å². The van der Waals surface area contributed by atoms with Crippen molar-refractivity contribution in [2.24, 2.45) is 5.73 Å². The van der Waals surface area contributed by atoms with Crippen LogP contribution in [0.25, 0.3) is 11.1 Å². The van der Waals surface area contributed by atoms with E-state index in [2.05, 4.69) is 0 Å². The number of benzene rings is 2. The van der Waals surface area contributed by atoms with Crippen LogP contribution in [0, 0.1) is 0 Å². The molecule has 2 N–H and O–H groups in total. The van der Waals surface area contributed by atoms with E-state index in [-0.39, 0.29) is 0 Å². The highest BCUT2D eigenvalue weighted by molar-refractivity contribution is 6.39. The van der Waals surface area contributed by atoms with Crippen LogP contribution < -0.4 is 5.73 Å². The average molecular weight is 266 g/mol. The maximum Gasteiger partial charge on any atom is 0.249 e. The first-order valence-corrected chi connectivity index (χ1v) is 5.70. The van der Waals surface area contributed by atoms with Gasteiger partial charge in [-0.25, -0.2) is 0 Å². The molecule has 2 rings (SSSR count). The van der Waals surface area contributed by atoms with E-state index in [4.69, 9.17) is 28.9 Å². The van der Waals surface area contributed by atoms with Gasteiger partial charge in [-0.05, 0) is 23.8 Å². The highest BCUT2D eigenvalue weighted by Crippen LogP contribution is 2.36. The van der Waals surface area contributed by atoms with E-state index in [1.54, 1.807) is 42.5 Å². The van der Waals surface area contributed by atoms with E-state index in [9.17, 15) is 4.79 Å². The first-order chi connectivity index (χ1) is 8.11. The number of rotatable bonds is 2. The fourth-order valence-corrected chi connectivity index (χ4v) is 2.27. The Kier molecular flexibility index (Phi) is 3.36. The largest absolute Gasteiger partial charge is 0.366 e. The van der Waals surface area contributed by atoms with E-state index in [1.807, 2.05) is 0 Å². The first kappa shape index (κ1) is 12.0. The molecule has 0 aromatic heterocycles. The molecule has 0 bridgehead atoms. The molecule has 4 heteroatoms. The van der Waals surface area contributed by atoms with Crippen LogP contribution in [0.15, 0.2) is 42.5 Å². The van der Waals surface area contributed by atoms with Crippen molar-refractivity contribution in [1.82, 2.24) is 0 Å². The molecule has 0 aliphatic rings. The molecule has 0 spiro atoms. The van der Waals surface area contributed by atoms with Gasteiger partial charge in [-0.2, -0.15) is 0 Å². The van der Waals surface area contributed by atoms with Crippen molar-refractivity contribution in [2.75, 3.05) is 0 Å². The highest BCUT2D eigenvalue weighted by Gasteiger charge is 2.14. The van der Waals surface area contributed by atoms with E-state index in [0.717, 1.165) is 0 Å². The van der Waals surface area contributed by atoms with Crippen molar-refractivity contribution in [2.45, 2.75) is 0 Å². The molecule has 17 heavy (non-hydrogen) atoms. The number of carbonyl (C=O) groups excluding carboxylic acids is 1. The van der Waals surface area contributed by atoms with Gasteiger partial charge >= 0.3 is 0 Å². The van der Waals surface area contributed by atoms with Gasteiger partial charge in [-0.3, -0.25) is 4.79 Å². The molecule has 2 aromatic carbocycles. The Morgan fingerprint density at radius 1 is 0.941 bits per heavy atom. The zero-order chi connectivity index (χ0) is 12.4. The minimum atomic E-state index is -0.503. The molecule has 2 nitrogen and oxygen atoms in total. The van der Waals surface area contributed by atoms with Crippen LogP contribution in [0.2, 0.25) is 10.0 Å². The maximum absolute atomic E-state index is 11.4. The summed E-state index contributed by atoms with van der Waals surface area (Å²) >= 11 is 12.2. The molecule has 0 fully saturated rings. The summed E-state index contributed by atoms with van der Waals surface area (Å²) in [5.41, 5.74) is 7.01. The summed E-state index contributed by atoms with van der Waals surface area (Å²) in [6.07, 6.45) is 0. The molecule has 0 radical (unpaired) electrons. The monoisotopic (exact) mass is 265 g/mol. The fraction of sp³-hybridized carbons (Fsp3) is 0. The Morgan fingerprint density at radius 2 is 1.53 bits per heavy atom. The average Bonchev–Trinajstić information content (AvgIpc) is 2.29. The lowest BCUT2D eigenvalue weighted by molar-refractivity contribution is 0.100. The quantitative estimate of drug-likeness (QED) is 0.883. The number of nitrogens with two attached hydrogens (primary N) is 1. The molecule has 2 aromatic rings. The second kappa shape index (κ2) is 4.78. The molecule has 0 saturated carbocycles. The van der Waals surface area contributed by atoms with Crippen LogP contribution in [-0.2, 0) is 0 Å². The third-order valence-electron chi connectivity index (χ3n) is 2.42. The first-order valence-electron chi connectivity index (χ1n) is 4.94. The third-order valence-corrected chi connectivity index (χ3v) is 3.05. The van der Waals surface area contributed by atoms with Crippen molar-refractivity contribution in [3.8, 4) is 11.1 Å². The number of hydrogen-bond acceptors (Lipinski definition) is 1. The van der Waals surface area contributed by atoms with Crippen molar-refractivity contribution in [3.05, 3.63) is 58.1 Å². The minimum absolute atomic E-state index is 0.405. The number of hydrogen-bond donors (Lipinski definition) is 1. The molecule has 86 valence electrons. The number of primary amides is 1. The number of halogens is 2. The number of amides is 1. The highest BCUT2D eigenvalue weighted by atomic mass is 35.5. The predicted octanol–water partition coefficient (Wildman–Crippen LogP) is 3.76. The Morgan fingerprint density at radius 3 is 2.12 bits per heavy atom. The summed E-state index contributed by atoms with van der Waals surface area (Å²) in [7, 11) is 0. The smallest absolute Gasteiger partial charge is 0.249 e. The van der Waals surface area contributed by atoms with Crippen LogP contribution in [0.4, 0.5) is 0 Å². The Bertz CT molecular complexity index is 561. The molecular weight excluding hydrogens is 257 g/mol. The lowest BCUT2D eigenvalue weighted by Crippen LogP contribution is -2.12. The SMILES string of the molecule is NC(=O)c1ccccc1-c1c(Cl)cccc1Cl. The van der Waals surface area contributed by atoms with Crippen LogP contribution in [0.3, 0.4) is 0 Å². The van der Waals surface area contributed by atoms with Gasteiger partial charge in [0.15, 0.2) is 0 Å². The Balaban J connectivity index is 2.73. The van der Waals surface area contributed by atoms with Gasteiger partial charge in [0.25, 0.3) is 0 Å². The lowest BCUT2D eigenvalue weighted by Gasteiger charge is -2.10. The summed E-state index contributed by atoms with van der Waals surface area (Å²) in [5, 5.41) is 0.984. The predicted molar refractivity (Wildman–Crippen MR) is 70.4 cm³/mol. The van der Waals surface area contributed by atoms with Gasteiger partial charge in [0, 0.05) is 21.2 Å². The summed E-state index contributed by atoms with van der Waals surface area (Å²) in [6.45, 7) is 0. The summed E-state index contributed by atoms with van der Waals surface area (Å²) in [6, 6.07) is 12.2. The van der Waals surface area contributed by atoms with Gasteiger partial charge in [0.05, 0.1) is 0 Å². The summed E-state index contributed by atoms with van der Waals surface area (Å²) in [5.74, 6) is -0.503. The summed E-state index contributed by atoms with van der Waals surface area (Å²) in [4.78, 5) is 11.4. The lowest BCUT2D eigenvalue weighted by atomic mass is 9.99. The maximum atomic E-state index is 11.4. The standard InChI is InChI=1S/C13H9Cl2NO/c14-10-6-3-7-11(15)12(10)8-4-1-2-5-9(8)13(16)17/h1-7H,(H2,16,17). The molecular formula is C13H9Cl2NO.